The van der Waals surface area contributed by atoms with E-state index in [1.165, 1.54) is 0 Å². The van der Waals surface area contributed by atoms with Gasteiger partial charge in [0, 0.05) is 23.7 Å². The maximum absolute atomic E-state index is 12.7. The van der Waals surface area contributed by atoms with E-state index in [9.17, 15) is 4.79 Å². The number of hydrogen-bond acceptors (Lipinski definition) is 3. The molecule has 1 aliphatic carbocycles. The summed E-state index contributed by atoms with van der Waals surface area (Å²) in [6.07, 6.45) is 2.19. The van der Waals surface area contributed by atoms with Crippen molar-refractivity contribution in [2.45, 2.75) is 45.4 Å². The summed E-state index contributed by atoms with van der Waals surface area (Å²) < 4.78 is 7.80. The van der Waals surface area contributed by atoms with Gasteiger partial charge in [-0.25, -0.2) is 0 Å². The van der Waals surface area contributed by atoms with Crippen molar-refractivity contribution in [2.24, 2.45) is 5.73 Å². The molecule has 0 aliphatic heterocycles. The molecule has 0 atom stereocenters. The quantitative estimate of drug-likeness (QED) is 0.922. The Morgan fingerprint density at radius 1 is 1.23 bits per heavy atom. The Kier molecular flexibility index (Phi) is 4.03. The number of pyridine rings is 1. The first-order valence-electron chi connectivity index (χ1n) is 7.82. The van der Waals surface area contributed by atoms with E-state index in [1.807, 2.05) is 54.8 Å². The largest absolute Gasteiger partial charge is 0.490 e. The standard InChI is InChI=1S/C18H22N2O2/c1-12(2)22-17-6-4-3-5-15(17)16-10-7-13(11-19)18(21)20(16)14-8-9-14/h3-7,10,12,14H,8-9,11,19H2,1-2H3. The Morgan fingerprint density at radius 2 is 1.95 bits per heavy atom. The molecule has 0 amide bonds. The van der Waals surface area contributed by atoms with Crippen molar-refractivity contribution in [1.29, 1.82) is 0 Å². The monoisotopic (exact) mass is 298 g/mol. The van der Waals surface area contributed by atoms with Crippen LogP contribution in [0.1, 0.15) is 38.3 Å². The predicted molar refractivity (Wildman–Crippen MR) is 88.1 cm³/mol. The van der Waals surface area contributed by atoms with Crippen LogP contribution in [0.4, 0.5) is 0 Å². The molecule has 4 heteroatoms. The third-order valence-corrected chi connectivity index (χ3v) is 3.85. The molecule has 0 radical (unpaired) electrons. The van der Waals surface area contributed by atoms with Gasteiger partial charge in [-0.1, -0.05) is 18.2 Å². The summed E-state index contributed by atoms with van der Waals surface area (Å²) in [4.78, 5) is 12.7. The second kappa shape index (κ2) is 5.97. The number of nitrogens with two attached hydrogens (primary N) is 1. The Labute approximate surface area is 130 Å². The fourth-order valence-corrected chi connectivity index (χ4v) is 2.70. The Bertz CT molecular complexity index is 730. The molecule has 1 aromatic carbocycles. The Morgan fingerprint density at radius 3 is 2.59 bits per heavy atom. The molecule has 2 aromatic rings. The van der Waals surface area contributed by atoms with Gasteiger partial charge < -0.3 is 15.0 Å². The first-order chi connectivity index (χ1) is 10.6. The first kappa shape index (κ1) is 14.9. The lowest BCUT2D eigenvalue weighted by molar-refractivity contribution is 0.243. The lowest BCUT2D eigenvalue weighted by Crippen LogP contribution is -2.26. The lowest BCUT2D eigenvalue weighted by Gasteiger charge is -2.18. The van der Waals surface area contributed by atoms with Gasteiger partial charge in [-0.05, 0) is 44.9 Å². The van der Waals surface area contributed by atoms with Crippen LogP contribution < -0.4 is 16.0 Å². The number of hydrogen-bond donors (Lipinski definition) is 1. The van der Waals surface area contributed by atoms with Gasteiger partial charge in [-0.15, -0.1) is 0 Å². The SMILES string of the molecule is CC(C)Oc1ccccc1-c1ccc(CN)c(=O)n1C1CC1. The van der Waals surface area contributed by atoms with Crippen molar-refractivity contribution in [3.05, 3.63) is 52.3 Å². The highest BCUT2D eigenvalue weighted by molar-refractivity contribution is 5.68. The molecule has 22 heavy (non-hydrogen) atoms. The van der Waals surface area contributed by atoms with Gasteiger partial charge in [0.1, 0.15) is 5.75 Å². The van der Waals surface area contributed by atoms with Gasteiger partial charge in [0.15, 0.2) is 0 Å². The maximum Gasteiger partial charge on any atom is 0.255 e. The summed E-state index contributed by atoms with van der Waals surface area (Å²) in [5.41, 5.74) is 8.26. The molecule has 0 unspecified atom stereocenters. The summed E-state index contributed by atoms with van der Waals surface area (Å²) in [6, 6.07) is 12.0. The minimum absolute atomic E-state index is 0.0295. The molecule has 1 fully saturated rings. The van der Waals surface area contributed by atoms with Crippen molar-refractivity contribution < 1.29 is 4.74 Å². The molecular formula is C18H22N2O2. The number of rotatable bonds is 5. The average Bonchev–Trinajstić information content (AvgIpc) is 3.31. The summed E-state index contributed by atoms with van der Waals surface area (Å²) in [7, 11) is 0. The molecule has 3 rings (SSSR count). The van der Waals surface area contributed by atoms with E-state index >= 15 is 0 Å². The molecule has 1 aliphatic rings. The first-order valence-corrected chi connectivity index (χ1v) is 7.82. The highest BCUT2D eigenvalue weighted by atomic mass is 16.5. The summed E-state index contributed by atoms with van der Waals surface area (Å²) >= 11 is 0. The number of para-hydroxylation sites is 1. The number of benzene rings is 1. The summed E-state index contributed by atoms with van der Waals surface area (Å²) in [5, 5.41) is 0. The maximum atomic E-state index is 12.7. The molecule has 2 N–H and O–H groups in total. The number of ether oxygens (including phenoxy) is 1. The molecule has 1 heterocycles. The van der Waals surface area contributed by atoms with E-state index in [-0.39, 0.29) is 18.2 Å². The zero-order chi connectivity index (χ0) is 15.7. The zero-order valence-corrected chi connectivity index (χ0v) is 13.1. The van der Waals surface area contributed by atoms with Crippen molar-refractivity contribution in [3.63, 3.8) is 0 Å². The van der Waals surface area contributed by atoms with Crippen LogP contribution in [0.15, 0.2) is 41.2 Å². The molecular weight excluding hydrogens is 276 g/mol. The Balaban J connectivity index is 2.17. The highest BCUT2D eigenvalue weighted by Gasteiger charge is 2.28. The second-order valence-electron chi connectivity index (χ2n) is 6.02. The normalized spacial score (nSPS) is 14.4. The summed E-state index contributed by atoms with van der Waals surface area (Å²) in [5.74, 6) is 0.812. The van der Waals surface area contributed by atoms with Gasteiger partial charge in [0.25, 0.3) is 5.56 Å². The van der Waals surface area contributed by atoms with E-state index < -0.39 is 0 Å². The topological polar surface area (TPSA) is 57.2 Å². The third kappa shape index (κ3) is 2.79. The van der Waals surface area contributed by atoms with Crippen LogP contribution in [0, 0.1) is 0 Å². The molecule has 0 spiro atoms. The molecule has 116 valence electrons. The fraction of sp³-hybridized carbons (Fsp3) is 0.389. The van der Waals surface area contributed by atoms with Crippen LogP contribution in [0.5, 0.6) is 5.75 Å². The van der Waals surface area contributed by atoms with Crippen LogP contribution in [0.2, 0.25) is 0 Å². The van der Waals surface area contributed by atoms with Gasteiger partial charge in [-0.2, -0.15) is 0 Å². The van der Waals surface area contributed by atoms with E-state index in [0.717, 1.165) is 29.8 Å². The van der Waals surface area contributed by atoms with Crippen LogP contribution in [0.3, 0.4) is 0 Å². The van der Waals surface area contributed by atoms with Crippen LogP contribution in [-0.4, -0.2) is 10.7 Å². The van der Waals surface area contributed by atoms with Crippen molar-refractivity contribution in [2.75, 3.05) is 0 Å². The van der Waals surface area contributed by atoms with Gasteiger partial charge >= 0.3 is 0 Å². The number of aromatic nitrogens is 1. The highest BCUT2D eigenvalue weighted by Crippen LogP contribution is 2.39. The van der Waals surface area contributed by atoms with Crippen LogP contribution in [0.25, 0.3) is 11.3 Å². The predicted octanol–water partition coefficient (Wildman–Crippen LogP) is 3.10. The van der Waals surface area contributed by atoms with Crippen molar-refractivity contribution in [3.8, 4) is 17.0 Å². The minimum atomic E-state index is 0.0295. The van der Waals surface area contributed by atoms with Crippen molar-refractivity contribution >= 4 is 0 Å². The fourth-order valence-electron chi connectivity index (χ4n) is 2.70. The van der Waals surface area contributed by atoms with Gasteiger partial charge in [0.05, 0.1) is 11.8 Å². The lowest BCUT2D eigenvalue weighted by atomic mass is 10.1. The summed E-state index contributed by atoms with van der Waals surface area (Å²) in [6.45, 7) is 4.28. The molecule has 0 saturated heterocycles. The number of nitrogens with zero attached hydrogens (tertiary/aromatic N) is 1. The molecule has 0 bridgehead atoms. The van der Waals surface area contributed by atoms with Gasteiger partial charge in [-0.3, -0.25) is 4.79 Å². The third-order valence-electron chi connectivity index (χ3n) is 3.85. The van der Waals surface area contributed by atoms with Crippen LogP contribution >= 0.6 is 0 Å². The molecule has 1 saturated carbocycles. The average molecular weight is 298 g/mol. The second-order valence-corrected chi connectivity index (χ2v) is 6.02. The van der Waals surface area contributed by atoms with E-state index in [0.29, 0.717) is 11.6 Å². The Hall–Kier alpha value is -2.07. The van der Waals surface area contributed by atoms with E-state index in [4.69, 9.17) is 10.5 Å². The van der Waals surface area contributed by atoms with Gasteiger partial charge in [0.2, 0.25) is 0 Å². The van der Waals surface area contributed by atoms with Crippen LogP contribution in [-0.2, 0) is 6.54 Å². The molecule has 1 aromatic heterocycles. The van der Waals surface area contributed by atoms with Crippen molar-refractivity contribution in [1.82, 2.24) is 4.57 Å². The minimum Gasteiger partial charge on any atom is -0.490 e. The smallest absolute Gasteiger partial charge is 0.255 e. The zero-order valence-electron chi connectivity index (χ0n) is 13.1. The molecule has 4 nitrogen and oxygen atoms in total. The van der Waals surface area contributed by atoms with E-state index in [2.05, 4.69) is 0 Å². The van der Waals surface area contributed by atoms with E-state index in [1.54, 1.807) is 0 Å².